The van der Waals surface area contributed by atoms with E-state index in [0.29, 0.717) is 5.69 Å². The van der Waals surface area contributed by atoms with Gasteiger partial charge in [0.05, 0.1) is 11.9 Å². The number of hydrogen-bond acceptors (Lipinski definition) is 4. The van der Waals surface area contributed by atoms with E-state index < -0.39 is 28.5 Å². The second-order valence-corrected chi connectivity index (χ2v) is 11.9. The van der Waals surface area contributed by atoms with Crippen molar-refractivity contribution >= 4 is 43.5 Å². The Kier molecular flexibility index (Phi) is 10.3. The lowest BCUT2D eigenvalue weighted by Crippen LogP contribution is -2.52. The van der Waals surface area contributed by atoms with Crippen LogP contribution in [0.1, 0.15) is 58.1 Å². The molecule has 0 saturated heterocycles. The van der Waals surface area contributed by atoms with Gasteiger partial charge in [0.2, 0.25) is 21.8 Å². The van der Waals surface area contributed by atoms with Crippen LogP contribution in [-0.4, -0.2) is 50.0 Å². The molecule has 0 aliphatic rings. The zero-order chi connectivity index (χ0) is 26.3. The summed E-state index contributed by atoms with van der Waals surface area (Å²) in [5, 5.41) is 2.93. The molecule has 0 fully saturated rings. The van der Waals surface area contributed by atoms with E-state index >= 15 is 0 Å². The fourth-order valence-electron chi connectivity index (χ4n) is 3.63. The van der Waals surface area contributed by atoms with Crippen LogP contribution < -0.4 is 9.62 Å². The van der Waals surface area contributed by atoms with Gasteiger partial charge in [0, 0.05) is 17.1 Å². The summed E-state index contributed by atoms with van der Waals surface area (Å²) in [6.45, 7) is 9.26. The first-order chi connectivity index (χ1) is 16.3. The fourth-order valence-corrected chi connectivity index (χ4v) is 4.77. The minimum Gasteiger partial charge on any atom is -0.352 e. The Morgan fingerprint density at radius 1 is 1.00 bits per heavy atom. The zero-order valence-electron chi connectivity index (χ0n) is 21.3. The molecular formula is C26H36BrN3O4S. The first kappa shape index (κ1) is 28.8. The Bertz CT molecular complexity index is 1120. The van der Waals surface area contributed by atoms with E-state index in [4.69, 9.17) is 0 Å². The molecule has 2 aromatic carbocycles. The van der Waals surface area contributed by atoms with Crippen molar-refractivity contribution in [3.63, 3.8) is 0 Å². The molecule has 0 bridgehead atoms. The van der Waals surface area contributed by atoms with Crippen molar-refractivity contribution in [2.24, 2.45) is 0 Å². The Hall–Kier alpha value is -2.39. The van der Waals surface area contributed by atoms with Gasteiger partial charge in [-0.15, -0.1) is 0 Å². The van der Waals surface area contributed by atoms with Gasteiger partial charge in [-0.1, -0.05) is 67.0 Å². The van der Waals surface area contributed by atoms with E-state index in [-0.39, 0.29) is 24.4 Å². The SMILES string of the molecule is CC[C@@H](C)NC(=O)[C@H](C)N(Cc1ccc(Br)cc1)C(=O)CN(c1ccccc1C(C)C)S(C)(=O)=O. The number of nitrogens with zero attached hydrogens (tertiary/aromatic N) is 2. The van der Waals surface area contributed by atoms with Crippen LogP contribution in [0.4, 0.5) is 5.69 Å². The van der Waals surface area contributed by atoms with Gasteiger partial charge in [-0.25, -0.2) is 8.42 Å². The largest absolute Gasteiger partial charge is 0.352 e. The topological polar surface area (TPSA) is 86.8 Å². The summed E-state index contributed by atoms with van der Waals surface area (Å²) in [5.41, 5.74) is 2.13. The molecule has 9 heteroatoms. The van der Waals surface area contributed by atoms with Gasteiger partial charge in [-0.3, -0.25) is 13.9 Å². The highest BCUT2D eigenvalue weighted by Gasteiger charge is 2.31. The van der Waals surface area contributed by atoms with E-state index in [1.807, 2.05) is 64.1 Å². The molecule has 0 saturated carbocycles. The molecule has 2 aromatic rings. The van der Waals surface area contributed by atoms with Gasteiger partial charge in [-0.05, 0) is 55.5 Å². The van der Waals surface area contributed by atoms with Gasteiger partial charge in [0.15, 0.2) is 0 Å². The second-order valence-electron chi connectivity index (χ2n) is 9.13. The fraction of sp³-hybridized carbons (Fsp3) is 0.462. The van der Waals surface area contributed by atoms with Crippen molar-refractivity contribution in [3.8, 4) is 0 Å². The Balaban J connectivity index is 2.44. The molecule has 2 rings (SSSR count). The van der Waals surface area contributed by atoms with Crippen molar-refractivity contribution < 1.29 is 18.0 Å². The Labute approximate surface area is 218 Å². The molecule has 35 heavy (non-hydrogen) atoms. The van der Waals surface area contributed by atoms with Gasteiger partial charge in [-0.2, -0.15) is 0 Å². The molecular weight excluding hydrogens is 530 g/mol. The average molecular weight is 567 g/mol. The number of amides is 2. The van der Waals surface area contributed by atoms with Crippen molar-refractivity contribution in [1.29, 1.82) is 0 Å². The van der Waals surface area contributed by atoms with Crippen LogP contribution in [0.3, 0.4) is 0 Å². The van der Waals surface area contributed by atoms with Crippen LogP contribution >= 0.6 is 15.9 Å². The predicted octanol–water partition coefficient (Wildman–Crippen LogP) is 4.67. The smallest absolute Gasteiger partial charge is 0.244 e. The molecule has 7 nitrogen and oxygen atoms in total. The molecule has 0 heterocycles. The van der Waals surface area contributed by atoms with Crippen molar-refractivity contribution in [3.05, 3.63) is 64.1 Å². The van der Waals surface area contributed by atoms with Crippen molar-refractivity contribution in [2.45, 2.75) is 65.6 Å². The third-order valence-electron chi connectivity index (χ3n) is 5.94. The highest BCUT2D eigenvalue weighted by molar-refractivity contribution is 9.10. The van der Waals surface area contributed by atoms with E-state index in [1.54, 1.807) is 19.1 Å². The Morgan fingerprint density at radius 3 is 2.14 bits per heavy atom. The maximum absolute atomic E-state index is 13.7. The average Bonchev–Trinajstić information content (AvgIpc) is 2.80. The number of halogens is 1. The van der Waals surface area contributed by atoms with E-state index in [0.717, 1.165) is 32.6 Å². The van der Waals surface area contributed by atoms with Gasteiger partial charge in [0.1, 0.15) is 12.6 Å². The first-order valence-electron chi connectivity index (χ1n) is 11.8. The summed E-state index contributed by atoms with van der Waals surface area (Å²) >= 11 is 3.41. The number of benzene rings is 2. The molecule has 0 aromatic heterocycles. The number of nitrogens with one attached hydrogen (secondary N) is 1. The van der Waals surface area contributed by atoms with Crippen LogP contribution in [0.25, 0.3) is 0 Å². The third kappa shape index (κ3) is 8.07. The molecule has 192 valence electrons. The van der Waals surface area contributed by atoms with Crippen molar-refractivity contribution in [1.82, 2.24) is 10.2 Å². The first-order valence-corrected chi connectivity index (χ1v) is 14.4. The number of carbonyl (C=O) groups excluding carboxylic acids is 2. The van der Waals surface area contributed by atoms with Crippen LogP contribution in [-0.2, 0) is 26.2 Å². The number of carbonyl (C=O) groups is 2. The molecule has 0 spiro atoms. The molecule has 0 aliphatic carbocycles. The van der Waals surface area contributed by atoms with Crippen LogP contribution in [0.15, 0.2) is 53.0 Å². The lowest BCUT2D eigenvalue weighted by atomic mass is 10.0. The van der Waals surface area contributed by atoms with Crippen molar-refractivity contribution in [2.75, 3.05) is 17.1 Å². The number of para-hydroxylation sites is 1. The summed E-state index contributed by atoms with van der Waals surface area (Å²) in [7, 11) is -3.77. The summed E-state index contributed by atoms with van der Waals surface area (Å²) in [6, 6.07) is 13.8. The van der Waals surface area contributed by atoms with E-state index in [9.17, 15) is 18.0 Å². The Morgan fingerprint density at radius 2 is 1.60 bits per heavy atom. The summed E-state index contributed by atoms with van der Waals surface area (Å²) < 4.78 is 27.7. The lowest BCUT2D eigenvalue weighted by Gasteiger charge is -2.32. The minimum absolute atomic E-state index is 0.0416. The molecule has 2 amide bonds. The van der Waals surface area contributed by atoms with Gasteiger partial charge >= 0.3 is 0 Å². The molecule has 2 atom stereocenters. The lowest BCUT2D eigenvalue weighted by molar-refractivity contribution is -0.139. The summed E-state index contributed by atoms with van der Waals surface area (Å²) in [5.74, 6) is -0.674. The molecule has 0 aliphatic heterocycles. The molecule has 0 unspecified atom stereocenters. The predicted molar refractivity (Wildman–Crippen MR) is 145 cm³/mol. The molecule has 0 radical (unpaired) electrons. The van der Waals surface area contributed by atoms with Crippen LogP contribution in [0, 0.1) is 0 Å². The number of sulfonamides is 1. The highest BCUT2D eigenvalue weighted by Crippen LogP contribution is 2.29. The molecule has 1 N–H and O–H groups in total. The van der Waals surface area contributed by atoms with E-state index in [1.165, 1.54) is 4.90 Å². The number of rotatable bonds is 11. The monoisotopic (exact) mass is 565 g/mol. The van der Waals surface area contributed by atoms with E-state index in [2.05, 4.69) is 21.2 Å². The summed E-state index contributed by atoms with van der Waals surface area (Å²) in [6.07, 6.45) is 1.85. The van der Waals surface area contributed by atoms with Crippen LogP contribution in [0.5, 0.6) is 0 Å². The van der Waals surface area contributed by atoms with Gasteiger partial charge < -0.3 is 10.2 Å². The quantitative estimate of drug-likeness (QED) is 0.429. The second kappa shape index (κ2) is 12.5. The standard InChI is InChI=1S/C26H36BrN3O4S/c1-7-19(4)28-26(32)20(5)29(16-21-12-14-22(27)15-13-21)25(31)17-30(35(6,33)34)24-11-9-8-10-23(24)18(2)3/h8-15,18-20H,7,16-17H2,1-6H3,(H,28,32)/t19-,20+/m1/s1. The van der Waals surface area contributed by atoms with Gasteiger partial charge in [0.25, 0.3) is 0 Å². The maximum atomic E-state index is 13.7. The summed E-state index contributed by atoms with van der Waals surface area (Å²) in [4.78, 5) is 28.1. The minimum atomic E-state index is -3.77. The normalized spacial score (nSPS) is 13.3. The highest BCUT2D eigenvalue weighted by atomic mass is 79.9. The third-order valence-corrected chi connectivity index (χ3v) is 7.60. The number of anilines is 1. The maximum Gasteiger partial charge on any atom is 0.244 e. The van der Waals surface area contributed by atoms with Crippen LogP contribution in [0.2, 0.25) is 0 Å². The zero-order valence-corrected chi connectivity index (χ0v) is 23.7. The number of hydrogen-bond donors (Lipinski definition) is 1.